The first kappa shape index (κ1) is 13.6. The first-order valence-electron chi connectivity index (χ1n) is 7.38. The highest BCUT2D eigenvalue weighted by molar-refractivity contribution is 6.65. The highest BCUT2D eigenvalue weighted by Gasteiger charge is 2.35. The Kier molecular flexibility index (Phi) is 3.52. The van der Waals surface area contributed by atoms with E-state index in [9.17, 15) is 0 Å². The number of hydrogen-bond acceptors (Lipinski definition) is 4. The van der Waals surface area contributed by atoms with Crippen molar-refractivity contribution in [1.82, 2.24) is 0 Å². The summed E-state index contributed by atoms with van der Waals surface area (Å²) in [5, 5.41) is 8.62. The van der Waals surface area contributed by atoms with Gasteiger partial charge < -0.3 is 9.31 Å². The zero-order chi connectivity index (χ0) is 15.5. The van der Waals surface area contributed by atoms with Crippen LogP contribution in [0.1, 0.15) is 0 Å². The molecule has 3 aromatic carbocycles. The first-order valence-corrected chi connectivity index (χ1v) is 7.38. The molecule has 4 nitrogen and oxygen atoms in total. The van der Waals surface area contributed by atoms with E-state index in [1.54, 1.807) is 0 Å². The molecule has 4 rings (SSSR count). The van der Waals surface area contributed by atoms with E-state index in [0.29, 0.717) is 0 Å². The molecule has 0 aliphatic carbocycles. The van der Waals surface area contributed by atoms with Crippen LogP contribution in [-0.2, 0) is 0 Å². The second kappa shape index (κ2) is 5.97. The quantitative estimate of drug-likeness (QED) is 0.535. The molecule has 5 heteroatoms. The number of azo groups is 1. The monoisotopic (exact) mass is 300 g/mol. The number of para-hydroxylation sites is 2. The second-order valence-electron chi connectivity index (χ2n) is 5.11. The zero-order valence-electron chi connectivity index (χ0n) is 12.3. The van der Waals surface area contributed by atoms with E-state index in [1.165, 1.54) is 0 Å². The van der Waals surface area contributed by atoms with Crippen LogP contribution in [0, 0.1) is 0 Å². The fourth-order valence-corrected chi connectivity index (χ4v) is 2.41. The number of rotatable bonds is 3. The third-order valence-corrected chi connectivity index (χ3v) is 3.54. The summed E-state index contributed by atoms with van der Waals surface area (Å²) in [4.78, 5) is 0. The van der Waals surface area contributed by atoms with E-state index in [-0.39, 0.29) is 0 Å². The molecule has 1 heterocycles. The second-order valence-corrected chi connectivity index (χ2v) is 5.11. The third kappa shape index (κ3) is 2.81. The van der Waals surface area contributed by atoms with E-state index >= 15 is 0 Å². The Hall–Kier alpha value is -3.08. The summed E-state index contributed by atoms with van der Waals surface area (Å²) in [6.07, 6.45) is 0. The molecule has 0 saturated heterocycles. The van der Waals surface area contributed by atoms with Gasteiger partial charge in [0.25, 0.3) is 0 Å². The van der Waals surface area contributed by atoms with Crippen molar-refractivity contribution in [3.05, 3.63) is 78.9 Å². The van der Waals surface area contributed by atoms with Gasteiger partial charge in [-0.25, -0.2) is 0 Å². The topological polar surface area (TPSA) is 43.2 Å². The molecule has 23 heavy (non-hydrogen) atoms. The summed E-state index contributed by atoms with van der Waals surface area (Å²) < 4.78 is 11.7. The Balaban J connectivity index is 1.63. The predicted octanol–water partition coefficient (Wildman–Crippen LogP) is 4.27. The van der Waals surface area contributed by atoms with Gasteiger partial charge in [-0.1, -0.05) is 48.5 Å². The maximum atomic E-state index is 5.86. The molecule has 3 aromatic rings. The van der Waals surface area contributed by atoms with Crippen LogP contribution in [0.4, 0.5) is 11.4 Å². The van der Waals surface area contributed by atoms with Crippen molar-refractivity contribution in [2.75, 3.05) is 0 Å². The highest BCUT2D eigenvalue weighted by atomic mass is 16.6. The number of fused-ring (bicyclic) bond motifs is 1. The van der Waals surface area contributed by atoms with Gasteiger partial charge in [0.2, 0.25) is 0 Å². The van der Waals surface area contributed by atoms with Crippen molar-refractivity contribution in [2.45, 2.75) is 0 Å². The fraction of sp³-hybridized carbons (Fsp3) is 0. The zero-order valence-corrected chi connectivity index (χ0v) is 12.3. The molecular formula is C18H13BN2O2. The fourth-order valence-electron chi connectivity index (χ4n) is 2.41. The number of hydrogen-bond donors (Lipinski definition) is 0. The van der Waals surface area contributed by atoms with Gasteiger partial charge in [-0.3, -0.25) is 0 Å². The maximum absolute atomic E-state index is 5.86. The Morgan fingerprint density at radius 3 is 1.96 bits per heavy atom. The van der Waals surface area contributed by atoms with Gasteiger partial charge in [-0.15, -0.1) is 0 Å². The van der Waals surface area contributed by atoms with Crippen LogP contribution in [0.5, 0.6) is 11.5 Å². The van der Waals surface area contributed by atoms with Crippen LogP contribution in [0.25, 0.3) is 0 Å². The van der Waals surface area contributed by atoms with Crippen molar-refractivity contribution in [2.24, 2.45) is 10.2 Å². The molecule has 0 amide bonds. The van der Waals surface area contributed by atoms with Crippen LogP contribution in [-0.4, -0.2) is 7.12 Å². The number of benzene rings is 3. The van der Waals surface area contributed by atoms with Crippen LogP contribution in [0.15, 0.2) is 89.1 Å². The van der Waals surface area contributed by atoms with Crippen molar-refractivity contribution in [3.8, 4) is 11.5 Å². The van der Waals surface area contributed by atoms with Crippen LogP contribution in [0.3, 0.4) is 0 Å². The lowest BCUT2D eigenvalue weighted by atomic mass is 9.78. The SMILES string of the molecule is c1ccc(N=Nc2ccccc2B2Oc3ccccc3O2)cc1. The molecule has 0 fully saturated rings. The average molecular weight is 300 g/mol. The summed E-state index contributed by atoms with van der Waals surface area (Å²) in [6, 6.07) is 25.0. The molecule has 0 radical (unpaired) electrons. The van der Waals surface area contributed by atoms with Crippen LogP contribution in [0.2, 0.25) is 0 Å². The van der Waals surface area contributed by atoms with E-state index < -0.39 is 7.12 Å². The molecule has 0 N–H and O–H groups in total. The van der Waals surface area contributed by atoms with Gasteiger partial charge in [0.1, 0.15) is 11.5 Å². The van der Waals surface area contributed by atoms with E-state index in [4.69, 9.17) is 9.31 Å². The molecule has 0 unspecified atom stereocenters. The van der Waals surface area contributed by atoms with Crippen molar-refractivity contribution in [1.29, 1.82) is 0 Å². The standard InChI is InChI=1S/C18H13BN2O2/c1-2-8-14(9-3-1)20-21-16-11-5-4-10-15(16)19-22-17-12-6-7-13-18(17)23-19/h1-13H. The van der Waals surface area contributed by atoms with Crippen molar-refractivity contribution >= 4 is 24.0 Å². The lowest BCUT2D eigenvalue weighted by Crippen LogP contribution is -2.39. The normalized spacial score (nSPS) is 12.8. The smallest absolute Gasteiger partial charge is 0.519 e. The minimum Gasteiger partial charge on any atom is -0.519 e. The van der Waals surface area contributed by atoms with E-state index in [1.807, 2.05) is 78.9 Å². The summed E-state index contributed by atoms with van der Waals surface area (Å²) in [5.41, 5.74) is 2.39. The minimum absolute atomic E-state index is 0.502. The Labute approximate surface area is 134 Å². The maximum Gasteiger partial charge on any atom is 0.635 e. The van der Waals surface area contributed by atoms with Gasteiger partial charge in [0.05, 0.1) is 11.4 Å². The lowest BCUT2D eigenvalue weighted by Gasteiger charge is -2.07. The molecular weight excluding hydrogens is 287 g/mol. The van der Waals surface area contributed by atoms with Crippen molar-refractivity contribution < 1.29 is 9.31 Å². The van der Waals surface area contributed by atoms with Crippen LogP contribution < -0.4 is 14.8 Å². The van der Waals surface area contributed by atoms with Gasteiger partial charge in [0, 0.05) is 5.46 Å². The molecule has 1 aliphatic rings. The lowest BCUT2D eigenvalue weighted by molar-refractivity contribution is 0.519. The van der Waals surface area contributed by atoms with E-state index in [2.05, 4.69) is 10.2 Å². The molecule has 110 valence electrons. The van der Waals surface area contributed by atoms with Crippen LogP contribution >= 0.6 is 0 Å². The van der Waals surface area contributed by atoms with E-state index in [0.717, 1.165) is 28.3 Å². The highest BCUT2D eigenvalue weighted by Crippen LogP contribution is 2.33. The van der Waals surface area contributed by atoms with Gasteiger partial charge in [0.15, 0.2) is 0 Å². The molecule has 0 aromatic heterocycles. The Bertz CT molecular complexity index is 827. The number of nitrogens with zero attached hydrogens (tertiary/aromatic N) is 2. The minimum atomic E-state index is -0.502. The van der Waals surface area contributed by atoms with Gasteiger partial charge in [-0.05, 0) is 30.3 Å². The summed E-state index contributed by atoms with van der Waals surface area (Å²) >= 11 is 0. The summed E-state index contributed by atoms with van der Waals surface area (Å²) in [6.45, 7) is 0. The molecule has 0 bridgehead atoms. The Morgan fingerprint density at radius 1 is 0.609 bits per heavy atom. The van der Waals surface area contributed by atoms with Crippen molar-refractivity contribution in [3.63, 3.8) is 0 Å². The first-order chi connectivity index (χ1) is 11.4. The molecule has 0 atom stereocenters. The molecule has 0 spiro atoms. The third-order valence-electron chi connectivity index (χ3n) is 3.54. The predicted molar refractivity (Wildman–Crippen MR) is 90.1 cm³/mol. The average Bonchev–Trinajstić information content (AvgIpc) is 3.05. The largest absolute Gasteiger partial charge is 0.635 e. The summed E-state index contributed by atoms with van der Waals surface area (Å²) in [7, 11) is -0.502. The van der Waals surface area contributed by atoms with Gasteiger partial charge >= 0.3 is 7.12 Å². The molecule has 1 aliphatic heterocycles. The summed E-state index contributed by atoms with van der Waals surface area (Å²) in [5.74, 6) is 1.49. The Morgan fingerprint density at radius 2 is 1.22 bits per heavy atom. The molecule has 0 saturated carbocycles. The van der Waals surface area contributed by atoms with Gasteiger partial charge in [-0.2, -0.15) is 10.2 Å².